The van der Waals surface area contributed by atoms with Gasteiger partial charge in [0.15, 0.2) is 0 Å². The fourth-order valence-corrected chi connectivity index (χ4v) is 4.05. The van der Waals surface area contributed by atoms with Crippen LogP contribution in [0.1, 0.15) is 13.3 Å². The number of fused-ring (bicyclic) bond motifs is 2. The summed E-state index contributed by atoms with van der Waals surface area (Å²) in [6, 6.07) is 29.3. The van der Waals surface area contributed by atoms with E-state index in [4.69, 9.17) is 18.6 Å². The molecular weight excluding hydrogens is 371 g/mol. The first-order chi connectivity index (χ1) is 11.7. The molecule has 3 heteroatoms. The van der Waals surface area contributed by atoms with Gasteiger partial charge in [-0.3, -0.25) is 0 Å². The van der Waals surface area contributed by atoms with Crippen LogP contribution in [0.4, 0.5) is 0 Å². The maximum absolute atomic E-state index is 5.45. The fourth-order valence-electron chi connectivity index (χ4n) is 2.29. The van der Waals surface area contributed by atoms with Crippen molar-refractivity contribution in [1.29, 1.82) is 0 Å². The summed E-state index contributed by atoms with van der Waals surface area (Å²) in [7, 11) is 10.9. The second-order valence-electron chi connectivity index (χ2n) is 5.21. The van der Waals surface area contributed by atoms with Crippen LogP contribution in [-0.2, 0) is 15.3 Å². The Morgan fingerprint density at radius 3 is 1.58 bits per heavy atom. The van der Waals surface area contributed by atoms with Crippen LogP contribution in [0.25, 0.3) is 21.5 Å². The van der Waals surface area contributed by atoms with E-state index in [2.05, 4.69) is 84.9 Å². The molecule has 4 aromatic carbocycles. The standard InChI is InChI=1S/2C9H7.C3H6.2ClH.Ti/c2*1-2-5-9-7-3-6-8(9)4-1;1-3-2;;;/h2*1-7H;1H,3H2,2H3;2*1H;/q2*-1;;;;+2/p-2. The molecule has 4 aromatic rings. The van der Waals surface area contributed by atoms with Gasteiger partial charge in [0.05, 0.1) is 0 Å². The van der Waals surface area contributed by atoms with Gasteiger partial charge in [0.2, 0.25) is 0 Å². The van der Waals surface area contributed by atoms with Crippen molar-refractivity contribution in [3.8, 4) is 0 Å². The molecule has 0 bridgehead atoms. The number of benzene rings is 2. The Labute approximate surface area is 157 Å². The summed E-state index contributed by atoms with van der Waals surface area (Å²) >= 11 is -1.56. The van der Waals surface area contributed by atoms with Gasteiger partial charge in [0, 0.05) is 0 Å². The largest absolute Gasteiger partial charge is 0.168 e. The number of hydrogen-bond acceptors (Lipinski definition) is 0. The second kappa shape index (κ2) is 10.6. The number of hydrogen-bond donors (Lipinski definition) is 0. The summed E-state index contributed by atoms with van der Waals surface area (Å²) in [6.45, 7) is 2.04. The molecule has 0 fully saturated rings. The molecule has 0 amide bonds. The first kappa shape index (κ1) is 19.2. The maximum atomic E-state index is 5.45. The van der Waals surface area contributed by atoms with Gasteiger partial charge in [0.1, 0.15) is 0 Å². The minimum Gasteiger partial charge on any atom is -0.168 e. The van der Waals surface area contributed by atoms with E-state index in [-0.39, 0.29) is 0 Å². The molecule has 124 valence electrons. The Morgan fingerprint density at radius 1 is 0.792 bits per heavy atom. The van der Waals surface area contributed by atoms with E-state index in [0.717, 1.165) is 6.42 Å². The molecule has 0 aromatic heterocycles. The zero-order chi connectivity index (χ0) is 17.2. The average Bonchev–Trinajstić information content (AvgIpc) is 3.25. The first-order valence-corrected chi connectivity index (χ1v) is 13.1. The predicted molar refractivity (Wildman–Crippen MR) is 107 cm³/mol. The zero-order valence-electron chi connectivity index (χ0n) is 13.6. The van der Waals surface area contributed by atoms with Crippen molar-refractivity contribution in [1.82, 2.24) is 0 Å². The van der Waals surface area contributed by atoms with Gasteiger partial charge in [-0.15, -0.1) is 59.3 Å². The topological polar surface area (TPSA) is 0 Å². The van der Waals surface area contributed by atoms with E-state index in [0.29, 0.717) is 0 Å². The Hall–Kier alpha value is -1.18. The Kier molecular flexibility index (Phi) is 8.49. The summed E-state index contributed by atoms with van der Waals surface area (Å²) in [5.74, 6) is 0. The van der Waals surface area contributed by atoms with E-state index in [1.165, 1.54) is 21.5 Å². The Bertz CT molecular complexity index is 756. The minimum atomic E-state index is -1.56. The summed E-state index contributed by atoms with van der Waals surface area (Å²) in [5.41, 5.74) is 0. The Morgan fingerprint density at radius 2 is 1.25 bits per heavy atom. The molecule has 0 unspecified atom stereocenters. The number of halogens is 2. The zero-order valence-corrected chi connectivity index (χ0v) is 16.7. The average molecular weight is 391 g/mol. The molecule has 0 aliphatic rings. The van der Waals surface area contributed by atoms with Crippen LogP contribution >= 0.6 is 18.6 Å². The Balaban J connectivity index is 0.000000134. The molecular formula is C21H20Cl2Ti-2. The smallest absolute Gasteiger partial charge is 0.0809 e. The predicted octanol–water partition coefficient (Wildman–Crippen LogP) is 7.24. The van der Waals surface area contributed by atoms with Crippen LogP contribution in [0.2, 0.25) is 0 Å². The molecule has 0 atom stereocenters. The van der Waals surface area contributed by atoms with Gasteiger partial charge in [-0.1, -0.05) is 12.1 Å². The summed E-state index contributed by atoms with van der Waals surface area (Å²) in [4.78, 5) is 0. The van der Waals surface area contributed by atoms with E-state index in [1.54, 1.807) is 0 Å². The molecule has 24 heavy (non-hydrogen) atoms. The first-order valence-electron chi connectivity index (χ1n) is 7.92. The maximum Gasteiger partial charge on any atom is -0.0809 e. The van der Waals surface area contributed by atoms with Crippen LogP contribution in [-0.4, -0.2) is 4.31 Å². The van der Waals surface area contributed by atoms with E-state index in [9.17, 15) is 0 Å². The van der Waals surface area contributed by atoms with E-state index >= 15 is 0 Å². The van der Waals surface area contributed by atoms with Crippen molar-refractivity contribution in [3.05, 3.63) is 84.9 Å². The second-order valence-corrected chi connectivity index (χ2v) is 10.9. The third-order valence-corrected chi connectivity index (χ3v) is 5.85. The summed E-state index contributed by atoms with van der Waals surface area (Å²) < 4.78 is 1.99. The van der Waals surface area contributed by atoms with Crippen LogP contribution in [0, 0.1) is 0 Å². The molecule has 0 radical (unpaired) electrons. The minimum absolute atomic E-state index is 1.02. The van der Waals surface area contributed by atoms with Crippen molar-refractivity contribution < 1.29 is 15.3 Å². The monoisotopic (exact) mass is 390 g/mol. The van der Waals surface area contributed by atoms with Crippen molar-refractivity contribution in [2.45, 2.75) is 13.3 Å². The SMILES string of the molecule is CC[CH]=[Ti]([Cl])[Cl].c1ccc2[cH-]ccc2c1.c1ccc2[cH-]ccc2c1. The van der Waals surface area contributed by atoms with Gasteiger partial charge in [-0.05, 0) is 0 Å². The van der Waals surface area contributed by atoms with E-state index in [1.807, 2.05) is 11.2 Å². The van der Waals surface area contributed by atoms with Crippen molar-refractivity contribution in [2.24, 2.45) is 0 Å². The third-order valence-electron chi connectivity index (χ3n) is 3.45. The van der Waals surface area contributed by atoms with Gasteiger partial charge in [-0.2, -0.15) is 35.0 Å². The molecule has 0 aliphatic carbocycles. The van der Waals surface area contributed by atoms with E-state index < -0.39 is 15.3 Å². The molecule has 0 heterocycles. The number of rotatable bonds is 1. The van der Waals surface area contributed by atoms with Gasteiger partial charge >= 0.3 is 51.6 Å². The third kappa shape index (κ3) is 6.38. The van der Waals surface area contributed by atoms with Crippen molar-refractivity contribution >= 4 is 44.5 Å². The summed E-state index contributed by atoms with van der Waals surface area (Å²) in [6.07, 6.45) is 1.02. The molecule has 0 saturated carbocycles. The quantitative estimate of drug-likeness (QED) is 0.237. The van der Waals surface area contributed by atoms with Crippen LogP contribution in [0.5, 0.6) is 0 Å². The molecule has 0 spiro atoms. The van der Waals surface area contributed by atoms with Gasteiger partial charge in [-0.25, -0.2) is 0 Å². The van der Waals surface area contributed by atoms with Crippen LogP contribution < -0.4 is 0 Å². The molecule has 0 N–H and O–H groups in total. The van der Waals surface area contributed by atoms with Crippen molar-refractivity contribution in [2.75, 3.05) is 0 Å². The van der Waals surface area contributed by atoms with Gasteiger partial charge in [0.25, 0.3) is 0 Å². The normalized spacial score (nSPS) is 9.62. The van der Waals surface area contributed by atoms with Gasteiger partial charge < -0.3 is 0 Å². The molecule has 0 nitrogen and oxygen atoms in total. The molecule has 0 saturated heterocycles. The van der Waals surface area contributed by atoms with Crippen molar-refractivity contribution in [3.63, 3.8) is 0 Å². The van der Waals surface area contributed by atoms with Crippen LogP contribution in [0.3, 0.4) is 0 Å². The fraction of sp³-hybridized carbons (Fsp3) is 0.0952. The molecule has 0 aliphatic heterocycles. The summed E-state index contributed by atoms with van der Waals surface area (Å²) in [5, 5.41) is 5.32. The molecule has 4 rings (SSSR count). The van der Waals surface area contributed by atoms with Crippen LogP contribution in [0.15, 0.2) is 84.9 Å².